The van der Waals surface area contributed by atoms with Crippen LogP contribution in [0.4, 0.5) is 0 Å². The molecule has 94 valence electrons. The van der Waals surface area contributed by atoms with E-state index in [1.807, 2.05) is 0 Å². The van der Waals surface area contributed by atoms with E-state index >= 15 is 0 Å². The summed E-state index contributed by atoms with van der Waals surface area (Å²) in [5, 5.41) is 8.75. The van der Waals surface area contributed by atoms with Gasteiger partial charge in [0.1, 0.15) is 6.54 Å². The van der Waals surface area contributed by atoms with Gasteiger partial charge in [-0.15, -0.1) is 0 Å². The smallest absolute Gasteiger partial charge is 0.323 e. The zero-order valence-corrected chi connectivity index (χ0v) is 9.97. The number of allylic oxidation sites excluding steroid dienone is 1. The molecule has 1 aliphatic rings. The molecule has 1 rings (SSSR count). The number of nitrogens with zero attached hydrogens (tertiary/aromatic N) is 2. The van der Waals surface area contributed by atoms with E-state index in [1.54, 1.807) is 11.8 Å². The Balaban J connectivity index is 2.92. The Hall–Kier alpha value is -1.85. The minimum absolute atomic E-state index is 0.118. The summed E-state index contributed by atoms with van der Waals surface area (Å²) in [5.74, 6) is -1.28. The van der Waals surface area contributed by atoms with Gasteiger partial charge in [-0.1, -0.05) is 0 Å². The van der Waals surface area contributed by atoms with E-state index in [9.17, 15) is 14.4 Å². The van der Waals surface area contributed by atoms with Gasteiger partial charge in [0.25, 0.3) is 5.91 Å². The summed E-state index contributed by atoms with van der Waals surface area (Å²) < 4.78 is 0. The number of likely N-dealkylation sites (N-methyl/N-ethyl adjacent to an activating group) is 1. The molecule has 0 unspecified atom stereocenters. The Kier molecular flexibility index (Phi) is 4.25. The van der Waals surface area contributed by atoms with Crippen molar-refractivity contribution < 1.29 is 19.5 Å². The molecule has 0 spiro atoms. The summed E-state index contributed by atoms with van der Waals surface area (Å²) in [6.07, 6.45) is 1.76. The second-order valence-corrected chi connectivity index (χ2v) is 4.00. The van der Waals surface area contributed by atoms with Crippen LogP contribution >= 0.6 is 0 Å². The Bertz CT molecular complexity index is 376. The lowest BCUT2D eigenvalue weighted by Crippen LogP contribution is -2.36. The van der Waals surface area contributed by atoms with Crippen molar-refractivity contribution in [2.75, 3.05) is 20.1 Å². The standard InChI is InChI=1S/C11H16N2O4/c1-8-9(11(17)12(2)7-14)4-3-5-13(8)6-10(15)16/h7H,3-6H2,1-2H3,(H,15,16). The van der Waals surface area contributed by atoms with E-state index in [4.69, 9.17) is 5.11 Å². The highest BCUT2D eigenvalue weighted by Gasteiger charge is 2.24. The van der Waals surface area contributed by atoms with Crippen LogP contribution in [0.1, 0.15) is 19.8 Å². The van der Waals surface area contributed by atoms with Gasteiger partial charge in [0, 0.05) is 24.9 Å². The average molecular weight is 240 g/mol. The number of carbonyl (C=O) groups excluding carboxylic acids is 2. The van der Waals surface area contributed by atoms with Crippen molar-refractivity contribution in [2.45, 2.75) is 19.8 Å². The van der Waals surface area contributed by atoms with Crippen molar-refractivity contribution in [1.82, 2.24) is 9.80 Å². The lowest BCUT2D eigenvalue weighted by Gasteiger charge is -2.30. The Morgan fingerprint density at radius 1 is 1.53 bits per heavy atom. The number of amides is 2. The molecule has 0 aromatic carbocycles. The first-order valence-corrected chi connectivity index (χ1v) is 5.36. The van der Waals surface area contributed by atoms with E-state index in [0.717, 1.165) is 11.3 Å². The largest absolute Gasteiger partial charge is 0.480 e. The Morgan fingerprint density at radius 2 is 2.18 bits per heavy atom. The van der Waals surface area contributed by atoms with Crippen LogP contribution < -0.4 is 0 Å². The molecular weight excluding hydrogens is 224 g/mol. The minimum Gasteiger partial charge on any atom is -0.480 e. The monoisotopic (exact) mass is 240 g/mol. The van der Waals surface area contributed by atoms with Crippen LogP contribution in [0.2, 0.25) is 0 Å². The summed E-state index contributed by atoms with van der Waals surface area (Å²) in [6, 6.07) is 0. The fourth-order valence-corrected chi connectivity index (χ4v) is 1.87. The molecule has 6 nitrogen and oxygen atoms in total. The van der Waals surface area contributed by atoms with Gasteiger partial charge in [0.15, 0.2) is 0 Å². The molecule has 0 atom stereocenters. The molecule has 0 saturated heterocycles. The van der Waals surface area contributed by atoms with Gasteiger partial charge in [0.05, 0.1) is 0 Å². The maximum Gasteiger partial charge on any atom is 0.323 e. The molecule has 0 fully saturated rings. The number of hydrogen-bond donors (Lipinski definition) is 1. The second-order valence-electron chi connectivity index (χ2n) is 4.00. The zero-order valence-electron chi connectivity index (χ0n) is 9.97. The number of rotatable bonds is 4. The van der Waals surface area contributed by atoms with Crippen LogP contribution in [0.25, 0.3) is 0 Å². The van der Waals surface area contributed by atoms with Crippen LogP contribution in [-0.4, -0.2) is 53.3 Å². The number of aliphatic carboxylic acids is 1. The first kappa shape index (κ1) is 13.2. The third-order valence-corrected chi connectivity index (χ3v) is 2.83. The van der Waals surface area contributed by atoms with E-state index in [0.29, 0.717) is 30.6 Å². The highest BCUT2D eigenvalue weighted by Crippen LogP contribution is 2.22. The predicted octanol–water partition coefficient (Wildman–Crippen LogP) is 0.0556. The van der Waals surface area contributed by atoms with Gasteiger partial charge in [-0.2, -0.15) is 0 Å². The summed E-state index contributed by atoms with van der Waals surface area (Å²) in [4.78, 5) is 35.7. The van der Waals surface area contributed by atoms with Crippen LogP contribution in [0.15, 0.2) is 11.3 Å². The summed E-state index contributed by atoms with van der Waals surface area (Å²) in [5.41, 5.74) is 1.17. The average Bonchev–Trinajstić information content (AvgIpc) is 2.29. The van der Waals surface area contributed by atoms with Gasteiger partial charge in [0.2, 0.25) is 6.41 Å². The van der Waals surface area contributed by atoms with Crippen LogP contribution in [0.5, 0.6) is 0 Å². The molecule has 17 heavy (non-hydrogen) atoms. The third kappa shape index (κ3) is 3.05. The normalized spacial score (nSPS) is 15.8. The Morgan fingerprint density at radius 3 is 2.71 bits per heavy atom. The number of carbonyl (C=O) groups is 3. The van der Waals surface area contributed by atoms with E-state index in [-0.39, 0.29) is 12.5 Å². The topological polar surface area (TPSA) is 77.9 Å². The zero-order chi connectivity index (χ0) is 13.0. The number of hydrogen-bond acceptors (Lipinski definition) is 4. The number of carboxylic acid groups (broad SMARTS) is 1. The van der Waals surface area contributed by atoms with Crippen molar-refractivity contribution in [1.29, 1.82) is 0 Å². The maximum absolute atomic E-state index is 11.8. The molecule has 0 saturated carbocycles. The molecule has 1 N–H and O–H groups in total. The second kappa shape index (κ2) is 5.47. The predicted molar refractivity (Wildman–Crippen MR) is 60.0 cm³/mol. The van der Waals surface area contributed by atoms with Gasteiger partial charge >= 0.3 is 5.97 Å². The van der Waals surface area contributed by atoms with Gasteiger partial charge in [-0.25, -0.2) is 0 Å². The van der Waals surface area contributed by atoms with Crippen molar-refractivity contribution >= 4 is 18.3 Å². The molecule has 0 radical (unpaired) electrons. The van der Waals surface area contributed by atoms with E-state index < -0.39 is 5.97 Å². The van der Waals surface area contributed by atoms with Crippen LogP contribution in [-0.2, 0) is 14.4 Å². The molecule has 6 heteroatoms. The molecule has 0 aromatic rings. The van der Waals surface area contributed by atoms with Crippen LogP contribution in [0, 0.1) is 0 Å². The SMILES string of the molecule is CC1=C(C(=O)N(C)C=O)CCCN1CC(=O)O. The fourth-order valence-electron chi connectivity index (χ4n) is 1.87. The number of carboxylic acids is 1. The lowest BCUT2D eigenvalue weighted by atomic mass is 10.0. The van der Waals surface area contributed by atoms with E-state index in [1.165, 1.54) is 7.05 Å². The maximum atomic E-state index is 11.8. The number of imide groups is 1. The minimum atomic E-state index is -0.929. The highest BCUT2D eigenvalue weighted by molar-refractivity contribution is 5.99. The van der Waals surface area contributed by atoms with Gasteiger partial charge in [-0.05, 0) is 19.8 Å². The van der Waals surface area contributed by atoms with Crippen LogP contribution in [0.3, 0.4) is 0 Å². The van der Waals surface area contributed by atoms with Crippen molar-refractivity contribution in [3.63, 3.8) is 0 Å². The Labute approximate surface area is 99.5 Å². The van der Waals surface area contributed by atoms with E-state index in [2.05, 4.69) is 0 Å². The van der Waals surface area contributed by atoms with Gasteiger partial charge < -0.3 is 10.0 Å². The summed E-state index contributed by atoms with van der Waals surface area (Å²) in [7, 11) is 1.39. The quantitative estimate of drug-likeness (QED) is 0.703. The van der Waals surface area contributed by atoms with Gasteiger partial charge in [-0.3, -0.25) is 19.3 Å². The molecular formula is C11H16N2O4. The molecule has 0 aliphatic carbocycles. The van der Waals surface area contributed by atoms with Crippen molar-refractivity contribution in [3.05, 3.63) is 11.3 Å². The molecule has 0 bridgehead atoms. The molecule has 2 amide bonds. The first-order chi connectivity index (χ1) is 7.97. The highest BCUT2D eigenvalue weighted by atomic mass is 16.4. The third-order valence-electron chi connectivity index (χ3n) is 2.83. The first-order valence-electron chi connectivity index (χ1n) is 5.36. The summed E-state index contributed by atoms with van der Waals surface area (Å²) >= 11 is 0. The summed E-state index contributed by atoms with van der Waals surface area (Å²) in [6.45, 7) is 2.22. The fraction of sp³-hybridized carbons (Fsp3) is 0.545. The van der Waals surface area contributed by atoms with Crippen molar-refractivity contribution in [3.8, 4) is 0 Å². The molecule has 0 aromatic heterocycles. The molecule has 1 heterocycles. The van der Waals surface area contributed by atoms with Crippen molar-refractivity contribution in [2.24, 2.45) is 0 Å². The molecule has 1 aliphatic heterocycles. The lowest BCUT2D eigenvalue weighted by molar-refractivity contribution is -0.138.